The molecule has 1 atom stereocenters. The molecule has 13 heteroatoms. The van der Waals surface area contributed by atoms with Crippen molar-refractivity contribution in [3.63, 3.8) is 0 Å². The van der Waals surface area contributed by atoms with E-state index in [2.05, 4.69) is 30.9 Å². The lowest BCUT2D eigenvalue weighted by atomic mass is 10.2. The Balaban J connectivity index is 1.88. The molecule has 0 saturated carbocycles. The van der Waals surface area contributed by atoms with E-state index in [1.807, 2.05) is 0 Å². The second-order valence-electron chi connectivity index (χ2n) is 6.15. The second-order valence-corrected chi connectivity index (χ2v) is 8.45. The summed E-state index contributed by atoms with van der Waals surface area (Å²) in [6.45, 7) is -0.441. The Labute approximate surface area is 190 Å². The molecule has 0 bridgehead atoms. The standard InChI is InChI=1S/C18H13BrClF4N3O3S/c19-9-1-8(2-11(3-9)30-18(22,23)24)16-26-27-17(31-16)12-4-14(21)15(5-13(12)20)29-7-10(25)6-28/h1-5,10,28H,6-7,25H2/t10-/m1/s1. The molecule has 2 aromatic carbocycles. The van der Waals surface area contributed by atoms with E-state index >= 15 is 0 Å². The summed E-state index contributed by atoms with van der Waals surface area (Å²) in [6.07, 6.45) is -4.85. The molecule has 6 nitrogen and oxygen atoms in total. The number of hydrogen-bond acceptors (Lipinski definition) is 7. The molecule has 0 aliphatic carbocycles. The first-order valence-electron chi connectivity index (χ1n) is 8.44. The molecular weight excluding hydrogens is 530 g/mol. The van der Waals surface area contributed by atoms with Crippen molar-refractivity contribution >= 4 is 38.9 Å². The zero-order valence-corrected chi connectivity index (χ0v) is 18.4. The summed E-state index contributed by atoms with van der Waals surface area (Å²) >= 11 is 10.4. The summed E-state index contributed by atoms with van der Waals surface area (Å²) in [5.74, 6) is -1.31. The summed E-state index contributed by atoms with van der Waals surface area (Å²) in [5, 5.41) is 17.5. The molecule has 0 aliphatic heterocycles. The van der Waals surface area contributed by atoms with Crippen molar-refractivity contribution in [1.82, 2.24) is 10.2 Å². The second kappa shape index (κ2) is 9.65. The van der Waals surface area contributed by atoms with E-state index in [0.29, 0.717) is 10.0 Å². The zero-order chi connectivity index (χ0) is 22.8. The van der Waals surface area contributed by atoms with Crippen molar-refractivity contribution in [2.45, 2.75) is 12.4 Å². The third-order valence-electron chi connectivity index (χ3n) is 3.72. The van der Waals surface area contributed by atoms with Gasteiger partial charge in [-0.15, -0.1) is 23.4 Å². The van der Waals surface area contributed by atoms with Crippen LogP contribution >= 0.6 is 38.9 Å². The topological polar surface area (TPSA) is 90.5 Å². The summed E-state index contributed by atoms with van der Waals surface area (Å²) in [5.41, 5.74) is 6.06. The first-order chi connectivity index (χ1) is 14.6. The molecule has 1 aromatic heterocycles. The fourth-order valence-corrected chi connectivity index (χ4v) is 4.01. The minimum absolute atomic E-state index is 0.114. The van der Waals surface area contributed by atoms with Gasteiger partial charge in [0.15, 0.2) is 11.6 Å². The number of nitrogens with zero attached hydrogens (tertiary/aromatic N) is 2. The van der Waals surface area contributed by atoms with Gasteiger partial charge in [0.05, 0.1) is 17.7 Å². The molecule has 166 valence electrons. The summed E-state index contributed by atoms with van der Waals surface area (Å²) < 4.78 is 61.5. The van der Waals surface area contributed by atoms with Crippen LogP contribution in [0.1, 0.15) is 0 Å². The number of hydrogen-bond donors (Lipinski definition) is 2. The van der Waals surface area contributed by atoms with E-state index in [-0.39, 0.29) is 39.6 Å². The van der Waals surface area contributed by atoms with Crippen LogP contribution in [-0.4, -0.2) is 40.9 Å². The molecular formula is C18H13BrClF4N3O3S. The maximum atomic E-state index is 14.4. The highest BCUT2D eigenvalue weighted by atomic mass is 79.9. The van der Waals surface area contributed by atoms with Crippen LogP contribution in [0.5, 0.6) is 11.5 Å². The zero-order valence-electron chi connectivity index (χ0n) is 15.3. The molecule has 0 spiro atoms. The molecule has 3 rings (SSSR count). The van der Waals surface area contributed by atoms with Gasteiger partial charge in [-0.1, -0.05) is 38.9 Å². The summed E-state index contributed by atoms with van der Waals surface area (Å²) in [4.78, 5) is 0. The van der Waals surface area contributed by atoms with Gasteiger partial charge in [-0.25, -0.2) is 4.39 Å². The van der Waals surface area contributed by atoms with Crippen LogP contribution < -0.4 is 15.2 Å². The van der Waals surface area contributed by atoms with Crippen molar-refractivity contribution in [3.8, 4) is 32.6 Å². The van der Waals surface area contributed by atoms with E-state index in [9.17, 15) is 17.6 Å². The van der Waals surface area contributed by atoms with Gasteiger partial charge < -0.3 is 20.3 Å². The van der Waals surface area contributed by atoms with Crippen LogP contribution in [0.3, 0.4) is 0 Å². The molecule has 3 N–H and O–H groups in total. The molecule has 1 heterocycles. The van der Waals surface area contributed by atoms with Gasteiger partial charge in [0.2, 0.25) is 0 Å². The predicted octanol–water partition coefficient (Wildman–Crippen LogP) is 5.02. The molecule has 3 aromatic rings. The summed E-state index contributed by atoms with van der Waals surface area (Å²) in [7, 11) is 0. The number of halogens is 6. The summed E-state index contributed by atoms with van der Waals surface area (Å²) in [6, 6.07) is 5.52. The Morgan fingerprint density at radius 2 is 1.87 bits per heavy atom. The van der Waals surface area contributed by atoms with Gasteiger partial charge in [-0.3, -0.25) is 0 Å². The van der Waals surface area contributed by atoms with Gasteiger partial charge >= 0.3 is 6.36 Å². The van der Waals surface area contributed by atoms with Crippen LogP contribution in [-0.2, 0) is 0 Å². The largest absolute Gasteiger partial charge is 0.573 e. The lowest BCUT2D eigenvalue weighted by Gasteiger charge is -2.12. The first-order valence-corrected chi connectivity index (χ1v) is 10.4. The molecule has 0 unspecified atom stereocenters. The number of benzene rings is 2. The van der Waals surface area contributed by atoms with Gasteiger partial charge in [0.25, 0.3) is 0 Å². The van der Waals surface area contributed by atoms with Crippen LogP contribution in [0, 0.1) is 5.82 Å². The lowest BCUT2D eigenvalue weighted by molar-refractivity contribution is -0.274. The average molecular weight is 543 g/mol. The maximum absolute atomic E-state index is 14.4. The van der Waals surface area contributed by atoms with Crippen LogP contribution in [0.25, 0.3) is 21.1 Å². The van der Waals surface area contributed by atoms with Gasteiger partial charge in [-0.2, -0.15) is 0 Å². The van der Waals surface area contributed by atoms with E-state index in [1.54, 1.807) is 0 Å². The maximum Gasteiger partial charge on any atom is 0.573 e. The Morgan fingerprint density at radius 1 is 1.16 bits per heavy atom. The van der Waals surface area contributed by atoms with Crippen molar-refractivity contribution in [2.75, 3.05) is 13.2 Å². The van der Waals surface area contributed by atoms with E-state index in [4.69, 9.17) is 27.2 Å². The number of aliphatic hydroxyl groups is 1. The van der Waals surface area contributed by atoms with Gasteiger partial charge in [0.1, 0.15) is 22.4 Å². The third kappa shape index (κ3) is 6.26. The van der Waals surface area contributed by atoms with Crippen LogP contribution in [0.4, 0.5) is 17.6 Å². The average Bonchev–Trinajstić information content (AvgIpc) is 3.16. The Hall–Kier alpha value is -1.99. The van der Waals surface area contributed by atoms with E-state index in [1.165, 1.54) is 12.1 Å². The Bertz CT molecular complexity index is 1080. The normalized spacial score (nSPS) is 12.6. The molecule has 31 heavy (non-hydrogen) atoms. The van der Waals surface area contributed by atoms with Gasteiger partial charge in [-0.05, 0) is 24.3 Å². The number of nitrogens with two attached hydrogens (primary N) is 1. The number of aliphatic hydroxyl groups excluding tert-OH is 1. The number of aromatic nitrogens is 2. The Morgan fingerprint density at radius 3 is 2.55 bits per heavy atom. The minimum atomic E-state index is -4.85. The van der Waals surface area contributed by atoms with Crippen molar-refractivity contribution in [1.29, 1.82) is 0 Å². The van der Waals surface area contributed by atoms with E-state index in [0.717, 1.165) is 29.5 Å². The minimum Gasteiger partial charge on any atom is -0.489 e. The molecule has 0 aliphatic rings. The SMILES string of the molecule is N[C@H](CO)COc1cc(Cl)c(-c2nnc(-c3cc(Br)cc(OC(F)(F)F)c3)s2)cc1F. The smallest absolute Gasteiger partial charge is 0.489 e. The molecule has 0 amide bonds. The monoisotopic (exact) mass is 541 g/mol. The Kier molecular flexibility index (Phi) is 7.37. The number of alkyl halides is 3. The molecule has 0 fully saturated rings. The fourth-order valence-electron chi connectivity index (χ4n) is 2.38. The highest BCUT2D eigenvalue weighted by Gasteiger charge is 2.31. The third-order valence-corrected chi connectivity index (χ3v) is 5.49. The quantitative estimate of drug-likeness (QED) is 0.407. The molecule has 0 saturated heterocycles. The fraction of sp³-hybridized carbons (Fsp3) is 0.222. The van der Waals surface area contributed by atoms with Crippen molar-refractivity contribution in [3.05, 3.63) is 45.6 Å². The van der Waals surface area contributed by atoms with Gasteiger partial charge in [0, 0.05) is 21.7 Å². The highest BCUT2D eigenvalue weighted by molar-refractivity contribution is 9.10. The number of ether oxygens (including phenoxy) is 2. The lowest BCUT2D eigenvalue weighted by Crippen LogP contribution is -2.31. The van der Waals surface area contributed by atoms with Crippen LogP contribution in [0.15, 0.2) is 34.8 Å². The number of rotatable bonds is 7. The van der Waals surface area contributed by atoms with Crippen molar-refractivity contribution in [2.24, 2.45) is 5.73 Å². The predicted molar refractivity (Wildman–Crippen MR) is 111 cm³/mol. The van der Waals surface area contributed by atoms with Crippen LogP contribution in [0.2, 0.25) is 5.02 Å². The van der Waals surface area contributed by atoms with E-state index < -0.39 is 24.0 Å². The highest BCUT2D eigenvalue weighted by Crippen LogP contribution is 2.39. The molecule has 0 radical (unpaired) electrons. The first kappa shape index (κ1) is 23.7. The van der Waals surface area contributed by atoms with Crippen molar-refractivity contribution < 1.29 is 32.1 Å².